The van der Waals surface area contributed by atoms with E-state index in [1.54, 1.807) is 0 Å². The minimum atomic E-state index is 0. The summed E-state index contributed by atoms with van der Waals surface area (Å²) in [5.41, 5.74) is 3.33. The lowest BCUT2D eigenvalue weighted by atomic mass is 9.89. The van der Waals surface area contributed by atoms with Gasteiger partial charge in [-0.2, -0.15) is 0 Å². The summed E-state index contributed by atoms with van der Waals surface area (Å²) >= 11 is 0. The number of nitrogens with zero attached hydrogens (tertiary/aromatic N) is 1. The number of hydrogen-bond acceptors (Lipinski definition) is 2. The van der Waals surface area contributed by atoms with Gasteiger partial charge in [-0.15, -0.1) is 12.4 Å². The van der Waals surface area contributed by atoms with E-state index in [9.17, 15) is 0 Å². The predicted molar refractivity (Wildman–Crippen MR) is 85.0 cm³/mol. The van der Waals surface area contributed by atoms with Crippen LogP contribution in [0.2, 0.25) is 0 Å². The van der Waals surface area contributed by atoms with Crippen LogP contribution in [-0.2, 0) is 6.54 Å². The van der Waals surface area contributed by atoms with E-state index in [1.807, 2.05) is 0 Å². The minimum Gasteiger partial charge on any atom is -0.316 e. The second-order valence-corrected chi connectivity index (χ2v) is 5.97. The highest BCUT2D eigenvalue weighted by Gasteiger charge is 2.30. The van der Waals surface area contributed by atoms with Crippen LogP contribution >= 0.6 is 12.4 Å². The lowest BCUT2D eigenvalue weighted by Gasteiger charge is -2.31. The van der Waals surface area contributed by atoms with Crippen LogP contribution in [0.1, 0.15) is 31.4 Å². The van der Waals surface area contributed by atoms with Crippen LogP contribution in [0, 0.1) is 12.3 Å². The summed E-state index contributed by atoms with van der Waals surface area (Å²) in [6.45, 7) is 12.6. The van der Waals surface area contributed by atoms with Crippen LogP contribution in [0.3, 0.4) is 0 Å². The largest absolute Gasteiger partial charge is 0.316 e. The van der Waals surface area contributed by atoms with Crippen LogP contribution in [0.15, 0.2) is 24.3 Å². The molecule has 1 saturated heterocycles. The number of benzene rings is 1. The Morgan fingerprint density at radius 1 is 1.32 bits per heavy atom. The first-order valence-electron chi connectivity index (χ1n) is 7.10. The van der Waals surface area contributed by atoms with Crippen molar-refractivity contribution in [2.75, 3.05) is 26.2 Å². The van der Waals surface area contributed by atoms with Crippen molar-refractivity contribution in [1.29, 1.82) is 0 Å². The van der Waals surface area contributed by atoms with Crippen molar-refractivity contribution in [3.63, 3.8) is 0 Å². The van der Waals surface area contributed by atoms with Crippen molar-refractivity contribution in [3.05, 3.63) is 35.4 Å². The fraction of sp³-hybridized carbons (Fsp3) is 0.625. The number of halogens is 1. The Balaban J connectivity index is 0.00000180. The molecule has 0 radical (unpaired) electrons. The van der Waals surface area contributed by atoms with E-state index in [2.05, 4.69) is 55.3 Å². The van der Waals surface area contributed by atoms with Crippen LogP contribution < -0.4 is 5.32 Å². The van der Waals surface area contributed by atoms with E-state index >= 15 is 0 Å². The molecule has 1 atom stereocenters. The lowest BCUT2D eigenvalue weighted by Crippen LogP contribution is -2.37. The third-order valence-corrected chi connectivity index (χ3v) is 4.16. The average Bonchev–Trinajstić information content (AvgIpc) is 2.78. The Hall–Kier alpha value is -0.570. The Labute approximate surface area is 124 Å². The summed E-state index contributed by atoms with van der Waals surface area (Å²) in [5, 5.41) is 3.49. The van der Waals surface area contributed by atoms with E-state index in [4.69, 9.17) is 0 Å². The summed E-state index contributed by atoms with van der Waals surface area (Å²) < 4.78 is 0. The van der Waals surface area contributed by atoms with Crippen molar-refractivity contribution >= 4 is 12.4 Å². The molecule has 1 unspecified atom stereocenters. The van der Waals surface area contributed by atoms with Gasteiger partial charge in [-0.05, 0) is 43.0 Å². The third kappa shape index (κ3) is 4.48. The molecule has 0 spiro atoms. The molecule has 1 N–H and O–H groups in total. The van der Waals surface area contributed by atoms with Gasteiger partial charge in [0.2, 0.25) is 0 Å². The van der Waals surface area contributed by atoms with Crippen molar-refractivity contribution in [1.82, 2.24) is 10.2 Å². The standard InChI is InChI=1S/C16H26N2.ClH/c1-4-18(13-16(3)9-10-17-12-16)11-15-8-6-5-7-14(15)2;/h5-8,17H,4,9-13H2,1-3H3;1H. The van der Waals surface area contributed by atoms with Crippen molar-refractivity contribution < 1.29 is 0 Å². The topological polar surface area (TPSA) is 15.3 Å². The quantitative estimate of drug-likeness (QED) is 0.892. The Bertz CT molecular complexity index is 386. The van der Waals surface area contributed by atoms with Crippen LogP contribution in [0.5, 0.6) is 0 Å². The number of aryl methyl sites for hydroxylation is 1. The van der Waals surface area contributed by atoms with Gasteiger partial charge in [0.25, 0.3) is 0 Å². The molecule has 3 heteroatoms. The van der Waals surface area contributed by atoms with Crippen LogP contribution in [-0.4, -0.2) is 31.1 Å². The first-order chi connectivity index (χ1) is 8.63. The molecule has 19 heavy (non-hydrogen) atoms. The zero-order chi connectivity index (χ0) is 13.0. The molecule has 0 amide bonds. The molecule has 0 bridgehead atoms. The van der Waals surface area contributed by atoms with Gasteiger partial charge in [-0.3, -0.25) is 4.90 Å². The molecule has 1 fully saturated rings. The van der Waals surface area contributed by atoms with Gasteiger partial charge in [0.1, 0.15) is 0 Å². The van der Waals surface area contributed by atoms with Gasteiger partial charge in [-0.1, -0.05) is 38.1 Å². The maximum absolute atomic E-state index is 3.49. The molecule has 2 nitrogen and oxygen atoms in total. The van der Waals surface area contributed by atoms with E-state index < -0.39 is 0 Å². The summed E-state index contributed by atoms with van der Waals surface area (Å²) in [6, 6.07) is 8.74. The normalized spacial score (nSPS) is 22.5. The predicted octanol–water partition coefficient (Wildman–Crippen LogP) is 3.24. The van der Waals surface area contributed by atoms with E-state index in [0.29, 0.717) is 5.41 Å². The van der Waals surface area contributed by atoms with Gasteiger partial charge in [0, 0.05) is 19.6 Å². The average molecular weight is 283 g/mol. The lowest BCUT2D eigenvalue weighted by molar-refractivity contribution is 0.178. The number of hydrogen-bond donors (Lipinski definition) is 1. The van der Waals surface area contributed by atoms with E-state index in [1.165, 1.54) is 30.6 Å². The Kier molecular flexibility index (Phi) is 6.31. The molecule has 1 aromatic carbocycles. The fourth-order valence-electron chi connectivity index (χ4n) is 2.85. The number of rotatable bonds is 5. The van der Waals surface area contributed by atoms with Gasteiger partial charge in [0.05, 0.1) is 0 Å². The maximum Gasteiger partial charge on any atom is 0.0236 e. The van der Waals surface area contributed by atoms with Crippen LogP contribution in [0.25, 0.3) is 0 Å². The highest BCUT2D eigenvalue weighted by molar-refractivity contribution is 5.85. The molecule has 1 heterocycles. The van der Waals surface area contributed by atoms with Crippen LogP contribution in [0.4, 0.5) is 0 Å². The van der Waals surface area contributed by atoms with Gasteiger partial charge in [-0.25, -0.2) is 0 Å². The summed E-state index contributed by atoms with van der Waals surface area (Å²) in [6.07, 6.45) is 1.30. The molecule has 2 rings (SSSR count). The summed E-state index contributed by atoms with van der Waals surface area (Å²) in [4.78, 5) is 2.58. The first kappa shape index (κ1) is 16.5. The molecular formula is C16H27ClN2. The maximum atomic E-state index is 3.49. The fourth-order valence-corrected chi connectivity index (χ4v) is 2.85. The summed E-state index contributed by atoms with van der Waals surface area (Å²) in [7, 11) is 0. The highest BCUT2D eigenvalue weighted by atomic mass is 35.5. The smallest absolute Gasteiger partial charge is 0.0236 e. The van der Waals surface area contributed by atoms with E-state index in [-0.39, 0.29) is 12.4 Å². The summed E-state index contributed by atoms with van der Waals surface area (Å²) in [5.74, 6) is 0. The SMILES string of the molecule is CCN(Cc1ccccc1C)CC1(C)CCNC1.Cl. The van der Waals surface area contributed by atoms with E-state index in [0.717, 1.165) is 19.6 Å². The van der Waals surface area contributed by atoms with Gasteiger partial charge in [0.15, 0.2) is 0 Å². The second-order valence-electron chi connectivity index (χ2n) is 5.97. The molecule has 1 aliphatic rings. The minimum absolute atomic E-state index is 0. The molecule has 0 aromatic heterocycles. The van der Waals surface area contributed by atoms with Crippen molar-refractivity contribution in [2.24, 2.45) is 5.41 Å². The molecule has 1 aromatic rings. The first-order valence-corrected chi connectivity index (χ1v) is 7.10. The van der Waals surface area contributed by atoms with Gasteiger partial charge < -0.3 is 5.32 Å². The molecule has 1 aliphatic heterocycles. The molecule has 108 valence electrons. The highest BCUT2D eigenvalue weighted by Crippen LogP contribution is 2.26. The number of nitrogens with one attached hydrogen (secondary N) is 1. The molecule has 0 saturated carbocycles. The van der Waals surface area contributed by atoms with Gasteiger partial charge >= 0.3 is 0 Å². The monoisotopic (exact) mass is 282 g/mol. The zero-order valence-corrected chi connectivity index (χ0v) is 13.2. The third-order valence-electron chi connectivity index (χ3n) is 4.16. The second kappa shape index (κ2) is 7.28. The molecule has 0 aliphatic carbocycles. The molecular weight excluding hydrogens is 256 g/mol. The zero-order valence-electron chi connectivity index (χ0n) is 12.4. The van der Waals surface area contributed by atoms with Crippen molar-refractivity contribution in [2.45, 2.75) is 33.7 Å². The Morgan fingerprint density at radius 2 is 2.05 bits per heavy atom. The Morgan fingerprint density at radius 3 is 2.63 bits per heavy atom. The van der Waals surface area contributed by atoms with Crippen molar-refractivity contribution in [3.8, 4) is 0 Å².